The summed E-state index contributed by atoms with van der Waals surface area (Å²) in [6.07, 6.45) is 0.822. The number of benzene rings is 1. The molecule has 0 fully saturated rings. The van der Waals surface area contributed by atoms with E-state index in [0.29, 0.717) is 13.2 Å². The number of para-hydroxylation sites is 1. The van der Waals surface area contributed by atoms with Gasteiger partial charge in [0.15, 0.2) is 0 Å². The van der Waals surface area contributed by atoms with Gasteiger partial charge in [-0.05, 0) is 18.6 Å². The van der Waals surface area contributed by atoms with Gasteiger partial charge in [0, 0.05) is 23.3 Å². The van der Waals surface area contributed by atoms with Crippen molar-refractivity contribution in [1.29, 1.82) is 0 Å². The van der Waals surface area contributed by atoms with E-state index < -0.39 is 0 Å². The lowest BCUT2D eigenvalue weighted by molar-refractivity contribution is 0.319. The summed E-state index contributed by atoms with van der Waals surface area (Å²) in [7, 11) is 0. The van der Waals surface area contributed by atoms with E-state index in [4.69, 9.17) is 15.5 Å². The SMILES string of the molecule is Cc1ccccc1OCCc1nc(C(C)(C)C)c(CN)s1. The summed E-state index contributed by atoms with van der Waals surface area (Å²) in [6.45, 7) is 9.79. The average Bonchev–Trinajstić information content (AvgIpc) is 2.84. The zero-order valence-corrected chi connectivity index (χ0v) is 14.1. The van der Waals surface area contributed by atoms with E-state index in [1.807, 2.05) is 18.2 Å². The first-order valence-electron chi connectivity index (χ1n) is 7.29. The van der Waals surface area contributed by atoms with Crippen LogP contribution in [0.3, 0.4) is 0 Å². The minimum absolute atomic E-state index is 0.0420. The number of aryl methyl sites for hydroxylation is 1. The van der Waals surface area contributed by atoms with E-state index in [0.717, 1.165) is 28.4 Å². The first kappa shape index (κ1) is 16.0. The molecule has 1 aromatic heterocycles. The molecule has 2 rings (SSSR count). The van der Waals surface area contributed by atoms with Gasteiger partial charge in [0.05, 0.1) is 17.3 Å². The first-order chi connectivity index (χ1) is 9.91. The highest BCUT2D eigenvalue weighted by molar-refractivity contribution is 7.11. The molecule has 0 amide bonds. The van der Waals surface area contributed by atoms with E-state index in [1.54, 1.807) is 11.3 Å². The highest BCUT2D eigenvalue weighted by Gasteiger charge is 2.22. The summed E-state index contributed by atoms with van der Waals surface area (Å²) in [5.74, 6) is 0.948. The predicted molar refractivity (Wildman–Crippen MR) is 89.1 cm³/mol. The molecular weight excluding hydrogens is 280 g/mol. The second-order valence-corrected chi connectivity index (χ2v) is 7.37. The second-order valence-electron chi connectivity index (χ2n) is 6.20. The number of thiazole rings is 1. The van der Waals surface area contributed by atoms with Crippen LogP contribution in [-0.2, 0) is 18.4 Å². The number of hydrogen-bond acceptors (Lipinski definition) is 4. The molecule has 0 aliphatic heterocycles. The molecular formula is C17H24N2OS. The summed E-state index contributed by atoms with van der Waals surface area (Å²) in [5, 5.41) is 1.11. The maximum absolute atomic E-state index is 5.84. The van der Waals surface area contributed by atoms with Gasteiger partial charge in [-0.15, -0.1) is 11.3 Å². The molecule has 0 bridgehead atoms. The van der Waals surface area contributed by atoms with Crippen LogP contribution in [-0.4, -0.2) is 11.6 Å². The Morgan fingerprint density at radius 2 is 1.95 bits per heavy atom. The normalized spacial score (nSPS) is 11.7. The Hall–Kier alpha value is -1.39. The third-order valence-corrected chi connectivity index (χ3v) is 4.44. The van der Waals surface area contributed by atoms with Crippen LogP contribution in [0.5, 0.6) is 5.75 Å². The standard InChI is InChI=1S/C17H24N2OS/c1-12-7-5-6-8-13(12)20-10-9-15-19-16(17(2,3)4)14(11-18)21-15/h5-8H,9-11,18H2,1-4H3. The average molecular weight is 304 g/mol. The molecule has 0 atom stereocenters. The molecule has 1 heterocycles. The molecule has 4 heteroatoms. The van der Waals surface area contributed by atoms with Crippen molar-refractivity contribution in [3.63, 3.8) is 0 Å². The van der Waals surface area contributed by atoms with Crippen LogP contribution in [0.25, 0.3) is 0 Å². The molecule has 114 valence electrons. The van der Waals surface area contributed by atoms with Gasteiger partial charge in [0.2, 0.25) is 0 Å². The summed E-state index contributed by atoms with van der Waals surface area (Å²) in [6, 6.07) is 8.08. The lowest BCUT2D eigenvalue weighted by Gasteiger charge is -2.16. The maximum Gasteiger partial charge on any atom is 0.122 e. The Morgan fingerprint density at radius 1 is 1.24 bits per heavy atom. The Labute approximate surface area is 131 Å². The molecule has 2 aromatic rings. The third-order valence-electron chi connectivity index (χ3n) is 3.30. The summed E-state index contributed by atoms with van der Waals surface area (Å²) >= 11 is 1.71. The molecule has 0 saturated carbocycles. The van der Waals surface area contributed by atoms with Crippen molar-refractivity contribution in [2.75, 3.05) is 6.61 Å². The summed E-state index contributed by atoms with van der Waals surface area (Å²) in [4.78, 5) is 5.95. The monoisotopic (exact) mass is 304 g/mol. The van der Waals surface area contributed by atoms with Crippen LogP contribution in [0.15, 0.2) is 24.3 Å². The molecule has 0 aliphatic rings. The Balaban J connectivity index is 2.01. The lowest BCUT2D eigenvalue weighted by atomic mass is 9.91. The number of nitrogens with zero attached hydrogens (tertiary/aromatic N) is 1. The molecule has 0 spiro atoms. The van der Waals surface area contributed by atoms with Gasteiger partial charge in [-0.2, -0.15) is 0 Å². The van der Waals surface area contributed by atoms with Gasteiger partial charge in [-0.3, -0.25) is 0 Å². The van der Waals surface area contributed by atoms with Crippen molar-refractivity contribution in [2.24, 2.45) is 5.73 Å². The van der Waals surface area contributed by atoms with Crippen molar-refractivity contribution in [3.05, 3.63) is 45.4 Å². The second kappa shape index (κ2) is 6.58. The van der Waals surface area contributed by atoms with Crippen molar-refractivity contribution in [1.82, 2.24) is 4.98 Å². The van der Waals surface area contributed by atoms with Gasteiger partial charge in [-0.1, -0.05) is 39.0 Å². The minimum atomic E-state index is 0.0420. The minimum Gasteiger partial charge on any atom is -0.493 e. The smallest absolute Gasteiger partial charge is 0.122 e. The lowest BCUT2D eigenvalue weighted by Crippen LogP contribution is -2.15. The van der Waals surface area contributed by atoms with Crippen molar-refractivity contribution in [3.8, 4) is 5.75 Å². The van der Waals surface area contributed by atoms with Crippen LogP contribution < -0.4 is 10.5 Å². The number of aromatic nitrogens is 1. The Kier molecular flexibility index (Phi) is 5.01. The maximum atomic E-state index is 5.84. The number of rotatable bonds is 5. The first-order valence-corrected chi connectivity index (χ1v) is 8.11. The zero-order valence-electron chi connectivity index (χ0n) is 13.3. The number of nitrogens with two attached hydrogens (primary N) is 1. The summed E-state index contributed by atoms with van der Waals surface area (Å²) < 4.78 is 5.84. The van der Waals surface area contributed by atoms with Crippen LogP contribution in [0.2, 0.25) is 0 Å². The Morgan fingerprint density at radius 3 is 2.52 bits per heavy atom. The number of hydrogen-bond donors (Lipinski definition) is 1. The molecule has 21 heavy (non-hydrogen) atoms. The molecule has 2 N–H and O–H groups in total. The van der Waals surface area contributed by atoms with E-state index in [9.17, 15) is 0 Å². The highest BCUT2D eigenvalue weighted by atomic mass is 32.1. The fraction of sp³-hybridized carbons (Fsp3) is 0.471. The zero-order chi connectivity index (χ0) is 15.5. The van der Waals surface area contributed by atoms with E-state index >= 15 is 0 Å². The van der Waals surface area contributed by atoms with E-state index in [1.165, 1.54) is 4.88 Å². The molecule has 0 radical (unpaired) electrons. The molecule has 0 saturated heterocycles. The van der Waals surface area contributed by atoms with E-state index in [2.05, 4.69) is 33.8 Å². The molecule has 1 aromatic carbocycles. The van der Waals surface area contributed by atoms with Crippen molar-refractivity contribution in [2.45, 2.75) is 46.1 Å². The quantitative estimate of drug-likeness (QED) is 0.913. The van der Waals surface area contributed by atoms with Crippen LogP contribution >= 0.6 is 11.3 Å². The van der Waals surface area contributed by atoms with Gasteiger partial charge < -0.3 is 10.5 Å². The van der Waals surface area contributed by atoms with Crippen LogP contribution in [0, 0.1) is 6.92 Å². The van der Waals surface area contributed by atoms with Gasteiger partial charge in [0.1, 0.15) is 5.75 Å². The predicted octanol–water partition coefficient (Wildman–Crippen LogP) is 3.83. The van der Waals surface area contributed by atoms with Gasteiger partial charge >= 0.3 is 0 Å². The fourth-order valence-electron chi connectivity index (χ4n) is 2.20. The summed E-state index contributed by atoms with van der Waals surface area (Å²) in [5.41, 5.74) is 8.17. The van der Waals surface area contributed by atoms with E-state index in [-0.39, 0.29) is 5.41 Å². The van der Waals surface area contributed by atoms with Crippen LogP contribution in [0.1, 0.15) is 41.9 Å². The molecule has 0 unspecified atom stereocenters. The highest BCUT2D eigenvalue weighted by Crippen LogP contribution is 2.29. The third kappa shape index (κ3) is 4.05. The van der Waals surface area contributed by atoms with Gasteiger partial charge in [-0.25, -0.2) is 4.98 Å². The molecule has 0 aliphatic carbocycles. The number of ether oxygens (including phenoxy) is 1. The fourth-order valence-corrected chi connectivity index (χ4v) is 3.34. The topological polar surface area (TPSA) is 48.1 Å². The Bertz CT molecular complexity index is 599. The molecule has 3 nitrogen and oxygen atoms in total. The van der Waals surface area contributed by atoms with Crippen molar-refractivity contribution < 1.29 is 4.74 Å². The largest absolute Gasteiger partial charge is 0.493 e. The van der Waals surface area contributed by atoms with Gasteiger partial charge in [0.25, 0.3) is 0 Å². The van der Waals surface area contributed by atoms with Crippen LogP contribution in [0.4, 0.5) is 0 Å². The van der Waals surface area contributed by atoms with Crippen molar-refractivity contribution >= 4 is 11.3 Å².